The monoisotopic (exact) mass is 379 g/mol. The van der Waals surface area contributed by atoms with Crippen molar-refractivity contribution in [2.24, 2.45) is 10.9 Å². The van der Waals surface area contributed by atoms with Crippen molar-refractivity contribution in [1.82, 2.24) is 10.6 Å². The van der Waals surface area contributed by atoms with Crippen molar-refractivity contribution in [3.8, 4) is 0 Å². The molecule has 0 aromatic carbocycles. The summed E-state index contributed by atoms with van der Waals surface area (Å²) in [5.41, 5.74) is 1.08. The predicted octanol–water partition coefficient (Wildman–Crippen LogP) is 1.72. The van der Waals surface area contributed by atoms with Crippen LogP contribution < -0.4 is 10.6 Å². The molecule has 1 aromatic rings. The Kier molecular flexibility index (Phi) is 7.22. The molecular formula is C13H22IN3O2. The minimum Gasteiger partial charge on any atom is -0.472 e. The van der Waals surface area contributed by atoms with Crippen LogP contribution in [0.2, 0.25) is 0 Å². The van der Waals surface area contributed by atoms with Crippen LogP contribution in [0.15, 0.2) is 28.0 Å². The molecular weight excluding hydrogens is 357 g/mol. The number of rotatable bonds is 4. The molecule has 0 radical (unpaired) electrons. The Morgan fingerprint density at radius 1 is 1.47 bits per heavy atom. The number of aliphatic hydroxyl groups is 1. The van der Waals surface area contributed by atoms with E-state index in [9.17, 15) is 5.11 Å². The van der Waals surface area contributed by atoms with Crippen LogP contribution in [0.25, 0.3) is 0 Å². The quantitative estimate of drug-likeness (QED) is 0.423. The molecule has 2 unspecified atom stereocenters. The Labute approximate surface area is 130 Å². The van der Waals surface area contributed by atoms with Gasteiger partial charge in [-0.25, -0.2) is 0 Å². The summed E-state index contributed by atoms with van der Waals surface area (Å²) in [5, 5.41) is 16.2. The van der Waals surface area contributed by atoms with Crippen LogP contribution in [0.1, 0.15) is 24.8 Å². The molecule has 0 saturated heterocycles. The molecule has 19 heavy (non-hydrogen) atoms. The van der Waals surface area contributed by atoms with Gasteiger partial charge in [0, 0.05) is 31.6 Å². The molecule has 1 aliphatic carbocycles. The first-order valence-corrected chi connectivity index (χ1v) is 6.43. The van der Waals surface area contributed by atoms with Gasteiger partial charge in [0.05, 0.1) is 18.6 Å². The first-order valence-electron chi connectivity index (χ1n) is 6.43. The number of furan rings is 1. The standard InChI is InChI=1S/C13H21N3O2.HI/c1-14-13(15-7-10-5-6-18-9-10)16-8-11-3-2-4-12(11)17;/h5-6,9,11-12,17H,2-4,7-8H2,1H3,(H2,14,15,16);1H. The van der Waals surface area contributed by atoms with Crippen molar-refractivity contribution < 1.29 is 9.52 Å². The van der Waals surface area contributed by atoms with Crippen molar-refractivity contribution in [3.63, 3.8) is 0 Å². The first-order chi connectivity index (χ1) is 8.79. The number of halogens is 1. The highest BCUT2D eigenvalue weighted by Crippen LogP contribution is 2.24. The minimum absolute atomic E-state index is 0. The lowest BCUT2D eigenvalue weighted by atomic mass is 10.1. The summed E-state index contributed by atoms with van der Waals surface area (Å²) in [5.74, 6) is 1.10. The third kappa shape index (κ3) is 5.02. The van der Waals surface area contributed by atoms with Crippen LogP contribution in [0.5, 0.6) is 0 Å². The third-order valence-electron chi connectivity index (χ3n) is 3.41. The summed E-state index contributed by atoms with van der Waals surface area (Å²) in [4.78, 5) is 4.16. The second-order valence-corrected chi connectivity index (χ2v) is 4.70. The van der Waals surface area contributed by atoms with E-state index in [-0.39, 0.29) is 30.1 Å². The average molecular weight is 379 g/mol. The van der Waals surface area contributed by atoms with Crippen molar-refractivity contribution >= 4 is 29.9 Å². The molecule has 3 N–H and O–H groups in total. The maximum Gasteiger partial charge on any atom is 0.191 e. The largest absolute Gasteiger partial charge is 0.472 e. The molecule has 2 atom stereocenters. The van der Waals surface area contributed by atoms with Gasteiger partial charge >= 0.3 is 0 Å². The van der Waals surface area contributed by atoms with E-state index in [0.29, 0.717) is 12.5 Å². The maximum atomic E-state index is 9.74. The molecule has 1 aromatic heterocycles. The fraction of sp³-hybridized carbons (Fsp3) is 0.615. The van der Waals surface area contributed by atoms with E-state index in [0.717, 1.165) is 37.3 Å². The SMILES string of the molecule is CN=C(NCc1ccoc1)NCC1CCCC1O.I. The zero-order chi connectivity index (χ0) is 12.8. The Bertz CT molecular complexity index is 381. The van der Waals surface area contributed by atoms with Crippen molar-refractivity contribution in [1.29, 1.82) is 0 Å². The predicted molar refractivity (Wildman–Crippen MR) is 85.7 cm³/mol. The fourth-order valence-corrected chi connectivity index (χ4v) is 2.28. The normalized spacial score (nSPS) is 22.9. The van der Waals surface area contributed by atoms with Crippen LogP contribution in [-0.4, -0.2) is 30.8 Å². The van der Waals surface area contributed by atoms with Gasteiger partial charge in [-0.2, -0.15) is 0 Å². The fourth-order valence-electron chi connectivity index (χ4n) is 2.28. The number of hydrogen-bond donors (Lipinski definition) is 3. The number of aliphatic hydroxyl groups excluding tert-OH is 1. The molecule has 5 nitrogen and oxygen atoms in total. The Morgan fingerprint density at radius 3 is 2.89 bits per heavy atom. The number of guanidine groups is 1. The van der Waals surface area contributed by atoms with Gasteiger partial charge in [-0.1, -0.05) is 6.42 Å². The molecule has 108 valence electrons. The molecule has 6 heteroatoms. The highest BCUT2D eigenvalue weighted by molar-refractivity contribution is 14.0. The van der Waals surface area contributed by atoms with Crippen LogP contribution in [0.4, 0.5) is 0 Å². The first kappa shape index (κ1) is 16.3. The lowest BCUT2D eigenvalue weighted by Gasteiger charge is -2.17. The number of aliphatic imine (C=N–C) groups is 1. The van der Waals surface area contributed by atoms with Crippen LogP contribution in [-0.2, 0) is 6.54 Å². The van der Waals surface area contributed by atoms with E-state index >= 15 is 0 Å². The average Bonchev–Trinajstić information content (AvgIpc) is 3.01. The highest BCUT2D eigenvalue weighted by atomic mass is 127. The summed E-state index contributed by atoms with van der Waals surface area (Å²) < 4.78 is 5.00. The van der Waals surface area contributed by atoms with E-state index in [1.54, 1.807) is 19.6 Å². The second-order valence-electron chi connectivity index (χ2n) is 4.70. The Morgan fingerprint density at radius 2 is 2.32 bits per heavy atom. The van der Waals surface area contributed by atoms with Crippen molar-refractivity contribution in [2.45, 2.75) is 31.9 Å². The molecule has 1 saturated carbocycles. The van der Waals surface area contributed by atoms with Gasteiger partial charge in [-0.3, -0.25) is 4.99 Å². The molecule has 1 fully saturated rings. The van der Waals surface area contributed by atoms with Gasteiger partial charge in [-0.05, 0) is 18.9 Å². The molecule has 0 bridgehead atoms. The molecule has 1 aliphatic rings. The Hall–Kier alpha value is -0.760. The Balaban J connectivity index is 0.00000180. The van der Waals surface area contributed by atoms with E-state index in [1.165, 1.54) is 0 Å². The van der Waals surface area contributed by atoms with Gasteiger partial charge < -0.3 is 20.2 Å². The van der Waals surface area contributed by atoms with Crippen molar-refractivity contribution in [2.75, 3.05) is 13.6 Å². The van der Waals surface area contributed by atoms with E-state index in [2.05, 4.69) is 15.6 Å². The number of hydrogen-bond acceptors (Lipinski definition) is 3. The van der Waals surface area contributed by atoms with Gasteiger partial charge in [0.2, 0.25) is 0 Å². The molecule has 0 amide bonds. The number of nitrogens with zero attached hydrogens (tertiary/aromatic N) is 1. The summed E-state index contributed by atoms with van der Waals surface area (Å²) in [6.45, 7) is 1.45. The number of nitrogens with one attached hydrogen (secondary N) is 2. The van der Waals surface area contributed by atoms with E-state index in [4.69, 9.17) is 4.42 Å². The van der Waals surface area contributed by atoms with Crippen LogP contribution in [0.3, 0.4) is 0 Å². The summed E-state index contributed by atoms with van der Waals surface area (Å²) in [6, 6.07) is 1.92. The zero-order valence-electron chi connectivity index (χ0n) is 11.1. The molecule has 0 aliphatic heterocycles. The van der Waals surface area contributed by atoms with E-state index in [1.807, 2.05) is 6.07 Å². The zero-order valence-corrected chi connectivity index (χ0v) is 13.5. The van der Waals surface area contributed by atoms with E-state index < -0.39 is 0 Å². The van der Waals surface area contributed by atoms with Gasteiger partial charge in [-0.15, -0.1) is 24.0 Å². The van der Waals surface area contributed by atoms with Gasteiger partial charge in [0.15, 0.2) is 5.96 Å². The molecule has 2 rings (SSSR count). The smallest absolute Gasteiger partial charge is 0.191 e. The highest BCUT2D eigenvalue weighted by Gasteiger charge is 2.24. The third-order valence-corrected chi connectivity index (χ3v) is 3.41. The lowest BCUT2D eigenvalue weighted by Crippen LogP contribution is -2.40. The summed E-state index contributed by atoms with van der Waals surface area (Å²) in [7, 11) is 1.75. The van der Waals surface area contributed by atoms with Crippen LogP contribution in [0, 0.1) is 5.92 Å². The van der Waals surface area contributed by atoms with Crippen LogP contribution >= 0.6 is 24.0 Å². The lowest BCUT2D eigenvalue weighted by molar-refractivity contribution is 0.134. The maximum absolute atomic E-state index is 9.74. The summed E-state index contributed by atoms with van der Waals surface area (Å²) >= 11 is 0. The topological polar surface area (TPSA) is 69.8 Å². The minimum atomic E-state index is -0.163. The summed E-state index contributed by atoms with van der Waals surface area (Å²) in [6.07, 6.45) is 6.34. The molecule has 0 spiro atoms. The van der Waals surface area contributed by atoms with Crippen molar-refractivity contribution in [3.05, 3.63) is 24.2 Å². The van der Waals surface area contributed by atoms with Gasteiger partial charge in [0.25, 0.3) is 0 Å². The van der Waals surface area contributed by atoms with Gasteiger partial charge in [0.1, 0.15) is 0 Å². The second kappa shape index (κ2) is 8.42. The molecule has 1 heterocycles.